The second-order valence-electron chi connectivity index (χ2n) is 8.44. The van der Waals surface area contributed by atoms with Gasteiger partial charge in [0.2, 0.25) is 0 Å². The number of rotatable bonds is 8. The highest BCUT2D eigenvalue weighted by Crippen LogP contribution is 2.25. The molecule has 1 aliphatic heterocycles. The summed E-state index contributed by atoms with van der Waals surface area (Å²) in [7, 11) is 3.54. The standard InChI is InChI=1S/C22H39N5O/c1-22(2,3)26-14-13-24-21(23-4)25-17-20(27-15-7-6-8-16-27)18-9-11-19(28-5)12-10-18/h9-12,20,26H,6-8,13-17H2,1-5H3,(H2,23,24,25). The summed E-state index contributed by atoms with van der Waals surface area (Å²) >= 11 is 0. The average Bonchev–Trinajstić information content (AvgIpc) is 2.70. The van der Waals surface area contributed by atoms with Crippen molar-refractivity contribution in [2.75, 3.05) is 46.9 Å². The number of hydrogen-bond acceptors (Lipinski definition) is 4. The van der Waals surface area contributed by atoms with Gasteiger partial charge in [0.1, 0.15) is 5.75 Å². The molecule has 28 heavy (non-hydrogen) atoms. The zero-order valence-electron chi connectivity index (χ0n) is 18.3. The molecule has 158 valence electrons. The van der Waals surface area contributed by atoms with Crippen molar-refractivity contribution in [3.8, 4) is 5.75 Å². The smallest absolute Gasteiger partial charge is 0.191 e. The Morgan fingerprint density at radius 1 is 1.07 bits per heavy atom. The highest BCUT2D eigenvalue weighted by molar-refractivity contribution is 5.79. The molecule has 0 radical (unpaired) electrons. The van der Waals surface area contributed by atoms with Gasteiger partial charge in [-0.2, -0.15) is 0 Å². The molecule has 3 N–H and O–H groups in total. The highest BCUT2D eigenvalue weighted by atomic mass is 16.5. The number of ether oxygens (including phenoxy) is 1. The number of piperidine rings is 1. The van der Waals surface area contributed by atoms with E-state index in [4.69, 9.17) is 4.74 Å². The van der Waals surface area contributed by atoms with Crippen molar-refractivity contribution in [1.29, 1.82) is 0 Å². The van der Waals surface area contributed by atoms with Gasteiger partial charge in [0, 0.05) is 32.2 Å². The van der Waals surface area contributed by atoms with Gasteiger partial charge in [0.25, 0.3) is 0 Å². The number of methoxy groups -OCH3 is 1. The lowest BCUT2D eigenvalue weighted by Gasteiger charge is -2.35. The Morgan fingerprint density at radius 3 is 2.32 bits per heavy atom. The van der Waals surface area contributed by atoms with Crippen LogP contribution < -0.4 is 20.7 Å². The van der Waals surface area contributed by atoms with Gasteiger partial charge in [-0.05, 0) is 64.4 Å². The first-order chi connectivity index (χ1) is 13.4. The fourth-order valence-corrected chi connectivity index (χ4v) is 3.55. The van der Waals surface area contributed by atoms with E-state index >= 15 is 0 Å². The summed E-state index contributed by atoms with van der Waals surface area (Å²) in [6.07, 6.45) is 3.89. The van der Waals surface area contributed by atoms with E-state index in [-0.39, 0.29) is 5.54 Å². The van der Waals surface area contributed by atoms with E-state index in [9.17, 15) is 0 Å². The summed E-state index contributed by atoms with van der Waals surface area (Å²) in [5.74, 6) is 1.75. The maximum Gasteiger partial charge on any atom is 0.191 e. The summed E-state index contributed by atoms with van der Waals surface area (Å²) in [4.78, 5) is 6.98. The van der Waals surface area contributed by atoms with Crippen molar-refractivity contribution in [1.82, 2.24) is 20.9 Å². The Balaban J connectivity index is 1.94. The number of hydrogen-bond donors (Lipinski definition) is 3. The fourth-order valence-electron chi connectivity index (χ4n) is 3.55. The van der Waals surface area contributed by atoms with Crippen molar-refractivity contribution < 1.29 is 4.74 Å². The van der Waals surface area contributed by atoms with E-state index < -0.39 is 0 Å². The quantitative estimate of drug-likeness (QED) is 0.363. The van der Waals surface area contributed by atoms with Gasteiger partial charge in [-0.25, -0.2) is 0 Å². The van der Waals surface area contributed by atoms with E-state index in [1.165, 1.54) is 24.8 Å². The summed E-state index contributed by atoms with van der Waals surface area (Å²) < 4.78 is 5.32. The Labute approximate surface area is 171 Å². The molecule has 1 aliphatic rings. The van der Waals surface area contributed by atoms with Crippen LogP contribution in [0.4, 0.5) is 0 Å². The molecule has 0 saturated carbocycles. The van der Waals surface area contributed by atoms with E-state index in [2.05, 4.69) is 70.9 Å². The maximum atomic E-state index is 5.32. The number of guanidine groups is 1. The summed E-state index contributed by atoms with van der Waals surface area (Å²) in [5.41, 5.74) is 1.45. The van der Waals surface area contributed by atoms with Gasteiger partial charge in [-0.1, -0.05) is 18.6 Å². The molecule has 0 amide bonds. The lowest BCUT2D eigenvalue weighted by Crippen LogP contribution is -2.47. The van der Waals surface area contributed by atoms with Crippen LogP contribution in [0, 0.1) is 0 Å². The topological polar surface area (TPSA) is 60.9 Å². The minimum atomic E-state index is 0.131. The van der Waals surface area contributed by atoms with Crippen LogP contribution in [0.15, 0.2) is 29.3 Å². The fraction of sp³-hybridized carbons (Fsp3) is 0.682. The molecule has 0 bridgehead atoms. The van der Waals surface area contributed by atoms with Crippen LogP contribution in [-0.4, -0.2) is 63.3 Å². The van der Waals surface area contributed by atoms with E-state index in [1.54, 1.807) is 7.11 Å². The second kappa shape index (κ2) is 11.3. The molecular weight excluding hydrogens is 350 g/mol. The van der Waals surface area contributed by atoms with E-state index in [1.807, 2.05) is 7.05 Å². The van der Waals surface area contributed by atoms with Gasteiger partial charge >= 0.3 is 0 Å². The van der Waals surface area contributed by atoms with Gasteiger partial charge < -0.3 is 20.7 Å². The molecule has 0 aromatic heterocycles. The highest BCUT2D eigenvalue weighted by Gasteiger charge is 2.22. The summed E-state index contributed by atoms with van der Waals surface area (Å²) in [6, 6.07) is 8.80. The SMILES string of the molecule is CN=C(NCCNC(C)(C)C)NCC(c1ccc(OC)cc1)N1CCCCC1. The molecule has 1 fully saturated rings. The van der Waals surface area contributed by atoms with Crippen molar-refractivity contribution >= 4 is 5.96 Å². The van der Waals surface area contributed by atoms with Crippen LogP contribution in [0.2, 0.25) is 0 Å². The van der Waals surface area contributed by atoms with Crippen LogP contribution >= 0.6 is 0 Å². The van der Waals surface area contributed by atoms with Crippen LogP contribution in [-0.2, 0) is 0 Å². The monoisotopic (exact) mass is 389 g/mol. The minimum Gasteiger partial charge on any atom is -0.497 e. The number of aliphatic imine (C=N–C) groups is 1. The molecule has 1 aromatic carbocycles. The summed E-state index contributed by atoms with van der Waals surface area (Å²) in [6.45, 7) is 11.4. The molecule has 0 aliphatic carbocycles. The molecule has 1 saturated heterocycles. The maximum absolute atomic E-state index is 5.32. The first kappa shape index (κ1) is 22.5. The second-order valence-corrected chi connectivity index (χ2v) is 8.44. The van der Waals surface area contributed by atoms with E-state index in [0.717, 1.165) is 44.4 Å². The third kappa shape index (κ3) is 7.68. The lowest BCUT2D eigenvalue weighted by atomic mass is 10.0. The van der Waals surface area contributed by atoms with Crippen molar-refractivity contribution in [2.45, 2.75) is 51.6 Å². The molecule has 6 heteroatoms. The van der Waals surface area contributed by atoms with Gasteiger partial charge in [0.05, 0.1) is 13.2 Å². The molecule has 1 heterocycles. The zero-order chi connectivity index (χ0) is 20.4. The largest absolute Gasteiger partial charge is 0.497 e. The van der Waals surface area contributed by atoms with Gasteiger partial charge in [0.15, 0.2) is 5.96 Å². The van der Waals surface area contributed by atoms with Crippen LogP contribution in [0.1, 0.15) is 51.6 Å². The Kier molecular flexibility index (Phi) is 9.06. The Morgan fingerprint density at radius 2 is 1.75 bits per heavy atom. The van der Waals surface area contributed by atoms with Gasteiger partial charge in [-0.3, -0.25) is 9.89 Å². The first-order valence-electron chi connectivity index (χ1n) is 10.5. The van der Waals surface area contributed by atoms with Gasteiger partial charge in [-0.15, -0.1) is 0 Å². The summed E-state index contributed by atoms with van der Waals surface area (Å²) in [5, 5.41) is 10.4. The minimum absolute atomic E-state index is 0.131. The molecule has 2 rings (SSSR count). The normalized spacial score (nSPS) is 17.2. The zero-order valence-corrected chi connectivity index (χ0v) is 18.3. The molecule has 1 aromatic rings. The number of benzene rings is 1. The molecule has 1 unspecified atom stereocenters. The Bertz CT molecular complexity index is 588. The number of nitrogens with zero attached hydrogens (tertiary/aromatic N) is 2. The molecule has 0 spiro atoms. The number of nitrogens with one attached hydrogen (secondary N) is 3. The third-order valence-electron chi connectivity index (χ3n) is 5.09. The lowest BCUT2D eigenvalue weighted by molar-refractivity contribution is 0.164. The van der Waals surface area contributed by atoms with Crippen LogP contribution in [0.3, 0.4) is 0 Å². The van der Waals surface area contributed by atoms with Crippen molar-refractivity contribution in [3.63, 3.8) is 0 Å². The van der Waals surface area contributed by atoms with Crippen LogP contribution in [0.5, 0.6) is 5.75 Å². The molecule has 6 nitrogen and oxygen atoms in total. The average molecular weight is 390 g/mol. The first-order valence-corrected chi connectivity index (χ1v) is 10.5. The third-order valence-corrected chi connectivity index (χ3v) is 5.09. The van der Waals surface area contributed by atoms with Crippen molar-refractivity contribution in [3.05, 3.63) is 29.8 Å². The predicted octanol–water partition coefficient (Wildman–Crippen LogP) is 2.78. The molecular formula is C22H39N5O. The Hall–Kier alpha value is -1.79. The van der Waals surface area contributed by atoms with E-state index in [0.29, 0.717) is 6.04 Å². The predicted molar refractivity (Wildman–Crippen MR) is 118 cm³/mol. The number of likely N-dealkylation sites (tertiary alicyclic amines) is 1. The van der Waals surface area contributed by atoms with Crippen molar-refractivity contribution in [2.24, 2.45) is 4.99 Å². The molecule has 1 atom stereocenters. The van der Waals surface area contributed by atoms with Crippen LogP contribution in [0.25, 0.3) is 0 Å².